The van der Waals surface area contributed by atoms with Crippen molar-refractivity contribution < 1.29 is 49.0 Å². The Morgan fingerprint density at radius 1 is 0.375 bits per heavy atom. The van der Waals surface area contributed by atoms with E-state index in [4.69, 9.17) is 80.4 Å². The maximum Gasteiger partial charge on any atom is 3.00 e. The minimum absolute atomic E-state index is 0. The van der Waals surface area contributed by atoms with Crippen LogP contribution < -0.4 is 34.4 Å². The molecule has 3 aliphatic rings. The Labute approximate surface area is 243 Å². The Balaban J connectivity index is -0.0000000660. The minimum Gasteiger partial charge on any atom is -0.412 e. The van der Waals surface area contributed by atoms with Crippen LogP contribution in [0.5, 0.6) is 0 Å². The van der Waals surface area contributed by atoms with E-state index in [1.807, 2.05) is 0 Å². The van der Waals surface area contributed by atoms with Crippen LogP contribution in [-0.2, 0) is 17.4 Å². The Kier molecular flexibility index (Phi) is 46.9. The van der Waals surface area contributed by atoms with E-state index in [9.17, 15) is 0 Å². The number of nitrogens with two attached hydrogens (primary N) is 6. The van der Waals surface area contributed by atoms with Crippen molar-refractivity contribution >= 4 is 0 Å². The van der Waals surface area contributed by atoms with Gasteiger partial charge in [0.25, 0.3) is 0 Å². The van der Waals surface area contributed by atoms with Gasteiger partial charge < -0.3 is 96.8 Å². The monoisotopic (exact) mass is 634 g/mol. The molecule has 0 aromatic heterocycles. The predicted molar refractivity (Wildman–Crippen MR) is 145 cm³/mol. The molecule has 0 aliphatic heterocycles. The maximum absolute atomic E-state index is 8.25. The summed E-state index contributed by atoms with van der Waals surface area (Å²) in [6, 6.07) is 1.69. The first-order chi connectivity index (χ1) is 16.6. The van der Waals surface area contributed by atoms with E-state index >= 15 is 0 Å². The van der Waals surface area contributed by atoms with Crippen molar-refractivity contribution in [1.29, 1.82) is 0 Å². The van der Waals surface area contributed by atoms with Crippen LogP contribution in [0.4, 0.5) is 0 Å². The second-order valence-electron chi connectivity index (χ2n) is 8.51. The van der Waals surface area contributed by atoms with Crippen LogP contribution in [0.2, 0.25) is 0 Å². The van der Waals surface area contributed by atoms with Crippen LogP contribution in [0.1, 0.15) is 77.0 Å². The Morgan fingerprint density at radius 2 is 0.450 bits per heavy atom. The summed E-state index contributed by atoms with van der Waals surface area (Å²) in [7, 11) is 0. The van der Waals surface area contributed by atoms with Gasteiger partial charge in [-0.05, 0) is 38.5 Å². The quantitative estimate of drug-likeness (QED) is 0.118. The number of hydrogen-bond acceptors (Lipinski definition) is 15. The predicted octanol–water partition coefficient (Wildman–Crippen LogP) is -2.55. The average Bonchev–Trinajstić information content (AvgIpc) is 2.74. The van der Waals surface area contributed by atoms with Crippen molar-refractivity contribution in [2.24, 2.45) is 34.4 Å². The first kappa shape index (κ1) is 53.9. The summed E-state index contributed by atoms with van der Waals surface area (Å²) >= 11 is 0. The Morgan fingerprint density at radius 3 is 0.500 bits per heavy atom. The third-order valence-electron chi connectivity index (χ3n) is 5.62. The minimum atomic E-state index is -1.75. The van der Waals surface area contributed by atoms with E-state index in [1.165, 1.54) is 38.5 Å². The van der Waals surface area contributed by atoms with E-state index in [0.29, 0.717) is 0 Å². The molecule has 3 aliphatic carbocycles. The average molecular weight is 635 g/mol. The van der Waals surface area contributed by atoms with E-state index in [1.54, 1.807) is 0 Å². The second kappa shape index (κ2) is 34.8. The van der Waals surface area contributed by atoms with Gasteiger partial charge in [0.15, 0.2) is 0 Å². The van der Waals surface area contributed by atoms with E-state index in [-0.39, 0.29) is 70.0 Å². The molecule has 22 heteroatoms. The van der Waals surface area contributed by atoms with Crippen molar-refractivity contribution in [3.05, 3.63) is 46.0 Å². The standard InChI is InChI=1S/3C6H14N2.Cr.3NO3.3H2O/c3*7-5-3-1-2-4-6(5)8;;3*2-1(3)4;;;/h3*5-6H,1-4,7-8H2;;;;;3*1H2/q;;;+3;3*-1;;;/t3*5-,6-;;;;;;;/m111......./s1. The van der Waals surface area contributed by atoms with Gasteiger partial charge in [0.05, 0.1) is 15.3 Å². The molecule has 0 amide bonds. The zero-order chi connectivity index (χ0) is 28.7. The Bertz CT molecular complexity index is 472. The zero-order valence-electron chi connectivity index (χ0n) is 22.3. The first-order valence-corrected chi connectivity index (χ1v) is 11.6. The molecule has 3 fully saturated rings. The Hall–Kier alpha value is -2.23. The van der Waals surface area contributed by atoms with Crippen LogP contribution in [-0.4, -0.2) is 67.9 Å². The molecule has 3 saturated carbocycles. The van der Waals surface area contributed by atoms with Crippen LogP contribution >= 0.6 is 0 Å². The van der Waals surface area contributed by atoms with Gasteiger partial charge in [0, 0.05) is 36.3 Å². The van der Waals surface area contributed by atoms with Gasteiger partial charge in [-0.2, -0.15) is 0 Å². The molecule has 0 heterocycles. The third-order valence-corrected chi connectivity index (χ3v) is 5.62. The molecular formula is C18H48CrN9O12. The van der Waals surface area contributed by atoms with Crippen LogP contribution in [0.3, 0.4) is 0 Å². The summed E-state index contributed by atoms with van der Waals surface area (Å²) < 4.78 is 0. The molecule has 40 heavy (non-hydrogen) atoms. The molecule has 0 bridgehead atoms. The van der Waals surface area contributed by atoms with Gasteiger partial charge in [-0.15, -0.1) is 0 Å². The van der Waals surface area contributed by atoms with Gasteiger partial charge in [0.2, 0.25) is 0 Å². The molecule has 243 valence electrons. The number of rotatable bonds is 0. The van der Waals surface area contributed by atoms with E-state index in [2.05, 4.69) is 0 Å². The van der Waals surface area contributed by atoms with Crippen LogP contribution in [0.15, 0.2) is 0 Å². The van der Waals surface area contributed by atoms with Crippen molar-refractivity contribution in [3.63, 3.8) is 0 Å². The SMILES string of the molecule is N[C@@H]1CCCC[C@H]1N.N[C@@H]1CCCC[C@H]1N.N[C@@H]1CCCC[C@H]1N.O.O.O.O=[N+]([O-])[O-].O=[N+]([O-])[O-].O=[N+]([O-])[O-].[Cr+3]. The molecule has 0 saturated heterocycles. The molecule has 3 rings (SSSR count). The summed E-state index contributed by atoms with van der Waals surface area (Å²) in [4.78, 5) is 24.8. The van der Waals surface area contributed by atoms with Gasteiger partial charge in [-0.1, -0.05) is 38.5 Å². The molecule has 6 atom stereocenters. The van der Waals surface area contributed by atoms with E-state index < -0.39 is 15.3 Å². The molecule has 0 aromatic carbocycles. The fourth-order valence-electron chi connectivity index (χ4n) is 3.56. The number of nitrogens with zero attached hydrogens (tertiary/aromatic N) is 3. The molecule has 0 unspecified atom stereocenters. The normalized spacial score (nSPS) is 25.6. The molecule has 0 spiro atoms. The second-order valence-corrected chi connectivity index (χ2v) is 8.51. The topological polar surface area (TPSA) is 449 Å². The van der Waals surface area contributed by atoms with Crippen LogP contribution in [0, 0.1) is 46.0 Å². The van der Waals surface area contributed by atoms with Crippen molar-refractivity contribution in [3.8, 4) is 0 Å². The van der Waals surface area contributed by atoms with Gasteiger partial charge in [-0.25, -0.2) is 0 Å². The summed E-state index contributed by atoms with van der Waals surface area (Å²) in [6.07, 6.45) is 14.4. The van der Waals surface area contributed by atoms with Gasteiger partial charge in [-0.3, -0.25) is 0 Å². The van der Waals surface area contributed by atoms with Crippen LogP contribution in [0.25, 0.3) is 0 Å². The van der Waals surface area contributed by atoms with Crippen molar-refractivity contribution in [2.75, 3.05) is 0 Å². The first-order valence-electron chi connectivity index (χ1n) is 11.6. The third kappa shape index (κ3) is 45.7. The number of hydrogen-bond donors (Lipinski definition) is 6. The summed E-state index contributed by atoms with van der Waals surface area (Å²) in [5.74, 6) is 0. The molecule has 1 radical (unpaired) electrons. The van der Waals surface area contributed by atoms with Gasteiger partial charge >= 0.3 is 17.4 Å². The maximum atomic E-state index is 8.25. The summed E-state index contributed by atoms with van der Waals surface area (Å²) in [5, 5.41) is 44.2. The summed E-state index contributed by atoms with van der Waals surface area (Å²) in [6.45, 7) is 0. The fraction of sp³-hybridized carbons (Fsp3) is 1.00. The van der Waals surface area contributed by atoms with Crippen molar-refractivity contribution in [1.82, 2.24) is 0 Å². The fourth-order valence-corrected chi connectivity index (χ4v) is 3.56. The smallest absolute Gasteiger partial charge is 0.412 e. The zero-order valence-corrected chi connectivity index (χ0v) is 23.6. The molecular weight excluding hydrogens is 586 g/mol. The molecule has 18 N–H and O–H groups in total. The van der Waals surface area contributed by atoms with Gasteiger partial charge in [0.1, 0.15) is 0 Å². The molecule has 21 nitrogen and oxygen atoms in total. The molecule has 0 aromatic rings. The van der Waals surface area contributed by atoms with E-state index in [0.717, 1.165) is 38.5 Å². The van der Waals surface area contributed by atoms with Crippen molar-refractivity contribution in [2.45, 2.75) is 113 Å². The summed E-state index contributed by atoms with van der Waals surface area (Å²) in [5.41, 5.74) is 33.9. The largest absolute Gasteiger partial charge is 3.00 e.